The van der Waals surface area contributed by atoms with E-state index in [2.05, 4.69) is 50.8 Å². The van der Waals surface area contributed by atoms with E-state index >= 15 is 0 Å². The predicted molar refractivity (Wildman–Crippen MR) is 82.2 cm³/mol. The van der Waals surface area contributed by atoms with Crippen LogP contribution in [-0.2, 0) is 20.1 Å². The molecule has 0 N–H and O–H groups in total. The maximum atomic E-state index is 4.68. The number of nitrogens with zero attached hydrogens (tertiary/aromatic N) is 3. The minimum Gasteiger partial charge on any atom is -0.323 e. The molecule has 0 unspecified atom stereocenters. The van der Waals surface area contributed by atoms with Gasteiger partial charge in [0.05, 0.1) is 11.2 Å². The first kappa shape index (κ1) is 12.9. The van der Waals surface area contributed by atoms with E-state index < -0.39 is 0 Å². The van der Waals surface area contributed by atoms with Gasteiger partial charge >= 0.3 is 0 Å². The molecule has 0 saturated heterocycles. The van der Waals surface area contributed by atoms with Crippen LogP contribution >= 0.6 is 11.3 Å². The van der Waals surface area contributed by atoms with Gasteiger partial charge in [-0.1, -0.05) is 23.6 Å². The van der Waals surface area contributed by atoms with Crippen LogP contribution in [0.2, 0.25) is 0 Å². The van der Waals surface area contributed by atoms with Crippen LogP contribution in [0.5, 0.6) is 0 Å². The van der Waals surface area contributed by atoms with Crippen molar-refractivity contribution >= 4 is 49.1 Å². The Balaban J connectivity index is 0.00000115. The summed E-state index contributed by atoms with van der Waals surface area (Å²) in [5, 5.41) is 3.46. The zero-order valence-electron chi connectivity index (χ0n) is 10.7. The van der Waals surface area contributed by atoms with E-state index in [-0.39, 0.29) is 20.1 Å². The average molecular weight is 467 g/mol. The number of thiazole rings is 1. The van der Waals surface area contributed by atoms with Crippen molar-refractivity contribution in [1.29, 1.82) is 0 Å². The van der Waals surface area contributed by atoms with Gasteiger partial charge in [0.2, 0.25) is 0 Å². The Bertz CT molecular complexity index is 1070. The van der Waals surface area contributed by atoms with Crippen LogP contribution in [0.25, 0.3) is 37.8 Å². The first-order valence-corrected chi connectivity index (χ1v) is 7.24. The van der Waals surface area contributed by atoms with E-state index in [1.54, 1.807) is 11.3 Å². The number of para-hydroxylation sites is 1. The molecule has 0 aliphatic rings. The Hall–Kier alpha value is -1.81. The quantitative estimate of drug-likeness (QED) is 0.255. The van der Waals surface area contributed by atoms with E-state index in [0.29, 0.717) is 0 Å². The summed E-state index contributed by atoms with van der Waals surface area (Å²) in [6, 6.07) is 17.8. The summed E-state index contributed by atoms with van der Waals surface area (Å²) in [4.78, 5) is 10.1. The molecular weight excluding hydrogens is 458 g/mol. The second-order valence-electron chi connectivity index (χ2n) is 4.73. The molecule has 0 aliphatic carbocycles. The van der Waals surface area contributed by atoms with Crippen molar-refractivity contribution in [3.63, 3.8) is 0 Å². The Labute approximate surface area is 137 Å². The number of imidazole rings is 1. The van der Waals surface area contributed by atoms with Crippen molar-refractivity contribution in [3.05, 3.63) is 54.0 Å². The fourth-order valence-electron chi connectivity index (χ4n) is 2.84. The summed E-state index contributed by atoms with van der Waals surface area (Å²) in [7, 11) is 0. The van der Waals surface area contributed by atoms with Crippen molar-refractivity contribution in [2.75, 3.05) is 0 Å². The zero-order chi connectivity index (χ0) is 13.1. The molecule has 103 valence electrons. The second kappa shape index (κ2) is 4.60. The van der Waals surface area contributed by atoms with Gasteiger partial charge in [0.25, 0.3) is 0 Å². The molecule has 3 nitrogen and oxygen atoms in total. The molecule has 21 heavy (non-hydrogen) atoms. The minimum absolute atomic E-state index is 0. The maximum absolute atomic E-state index is 4.68. The first-order chi connectivity index (χ1) is 9.93. The molecule has 0 atom stereocenters. The molecule has 0 fully saturated rings. The number of rotatable bonds is 0. The molecule has 0 amide bonds. The smallest absolute Gasteiger partial charge is 0.179 e. The number of hydrogen-bond donors (Lipinski definition) is 0. The van der Waals surface area contributed by atoms with Crippen LogP contribution in [0.4, 0.5) is 0 Å². The van der Waals surface area contributed by atoms with Gasteiger partial charge in [0.1, 0.15) is 4.83 Å². The molecule has 3 heterocycles. The molecule has 5 heteroatoms. The van der Waals surface area contributed by atoms with Gasteiger partial charge in [-0.2, -0.15) is 0 Å². The summed E-state index contributed by atoms with van der Waals surface area (Å²) >= 11 is 1.62. The van der Waals surface area contributed by atoms with Crippen LogP contribution in [0.1, 0.15) is 0 Å². The van der Waals surface area contributed by atoms with E-state index in [4.69, 9.17) is 0 Å². The van der Waals surface area contributed by atoms with Gasteiger partial charge in [0.15, 0.2) is 5.65 Å². The van der Waals surface area contributed by atoms with E-state index in [1.807, 2.05) is 17.6 Å². The van der Waals surface area contributed by atoms with E-state index in [0.717, 1.165) is 21.5 Å². The fourth-order valence-corrected chi connectivity index (χ4v) is 3.59. The van der Waals surface area contributed by atoms with Crippen LogP contribution in [0.3, 0.4) is 0 Å². The van der Waals surface area contributed by atoms with Crippen molar-refractivity contribution < 1.29 is 20.1 Å². The number of hydrogen-bond acceptors (Lipinski definition) is 3. The van der Waals surface area contributed by atoms with Crippen molar-refractivity contribution in [2.24, 2.45) is 0 Å². The normalized spacial score (nSPS) is 11.4. The molecule has 3 aromatic heterocycles. The molecule has 0 spiro atoms. The average Bonchev–Trinajstić information content (AvgIpc) is 3.08. The predicted octanol–water partition coefficient (Wildman–Crippen LogP) is 4.05. The van der Waals surface area contributed by atoms with Crippen LogP contribution in [0, 0.1) is 6.07 Å². The zero-order valence-corrected chi connectivity index (χ0v) is 13.9. The van der Waals surface area contributed by atoms with Gasteiger partial charge in [0, 0.05) is 25.6 Å². The van der Waals surface area contributed by atoms with Gasteiger partial charge in [-0.15, -0.1) is 41.0 Å². The van der Waals surface area contributed by atoms with E-state index in [9.17, 15) is 0 Å². The minimum atomic E-state index is 0. The summed E-state index contributed by atoms with van der Waals surface area (Å²) in [6.45, 7) is 0. The van der Waals surface area contributed by atoms with Gasteiger partial charge in [-0.05, 0) is 11.5 Å². The summed E-state index contributed by atoms with van der Waals surface area (Å²) in [5.41, 5.74) is 4.76. The summed E-state index contributed by atoms with van der Waals surface area (Å²) in [6.07, 6.45) is 0. The molecule has 0 bridgehead atoms. The molecule has 5 rings (SSSR count). The van der Waals surface area contributed by atoms with Crippen LogP contribution < -0.4 is 0 Å². The fraction of sp³-hybridized carbons (Fsp3) is 0. The van der Waals surface area contributed by atoms with Crippen molar-refractivity contribution in [3.8, 4) is 0 Å². The first-order valence-electron chi connectivity index (χ1n) is 6.36. The summed E-state index contributed by atoms with van der Waals surface area (Å²) < 4.78 is 2.20. The van der Waals surface area contributed by atoms with Crippen molar-refractivity contribution in [1.82, 2.24) is 14.4 Å². The Kier molecular flexibility index (Phi) is 2.82. The number of pyridine rings is 1. The summed E-state index contributed by atoms with van der Waals surface area (Å²) in [5.74, 6) is 0. The standard InChI is InChI=1S/C16H8N3S.Ir/c1-2-7-12-10(5-1)11-6-3-4-8-13(11)19-15(12)18-14-16(19)20-9-17-14;/h1-6,8-9H;/q-1;. The van der Waals surface area contributed by atoms with Gasteiger partial charge in [-0.3, -0.25) is 4.98 Å². The molecule has 5 aromatic rings. The molecular formula is C16H8IrN3S-. The van der Waals surface area contributed by atoms with Crippen molar-refractivity contribution in [2.45, 2.75) is 0 Å². The monoisotopic (exact) mass is 467 g/mol. The SMILES string of the molecule is [Ir].[c-]1cccc2c1c1nc3ncsc3n1c1ccccc21. The topological polar surface area (TPSA) is 30.2 Å². The Morgan fingerprint density at radius 3 is 2.86 bits per heavy atom. The number of fused-ring (bicyclic) bond motifs is 8. The van der Waals surface area contributed by atoms with Crippen LogP contribution in [-0.4, -0.2) is 14.4 Å². The Morgan fingerprint density at radius 1 is 1.05 bits per heavy atom. The third kappa shape index (κ3) is 1.62. The molecule has 1 radical (unpaired) electrons. The molecule has 0 saturated carbocycles. The van der Waals surface area contributed by atoms with Gasteiger partial charge in [-0.25, -0.2) is 4.98 Å². The Morgan fingerprint density at radius 2 is 1.90 bits per heavy atom. The van der Waals surface area contributed by atoms with E-state index in [1.165, 1.54) is 16.3 Å². The third-order valence-electron chi connectivity index (χ3n) is 3.67. The molecule has 0 aliphatic heterocycles. The van der Waals surface area contributed by atoms with Crippen LogP contribution in [0.15, 0.2) is 48.0 Å². The second-order valence-corrected chi connectivity index (χ2v) is 5.56. The maximum Gasteiger partial charge on any atom is 0.179 e. The largest absolute Gasteiger partial charge is 0.323 e. The third-order valence-corrected chi connectivity index (χ3v) is 4.47. The molecule has 2 aromatic carbocycles. The van der Waals surface area contributed by atoms with Gasteiger partial charge < -0.3 is 4.40 Å². The number of aromatic nitrogens is 3. The number of benzene rings is 2.